The summed E-state index contributed by atoms with van der Waals surface area (Å²) < 4.78 is 5.38. The van der Waals surface area contributed by atoms with Gasteiger partial charge >= 0.3 is 0 Å². The molecule has 1 aromatic rings. The molecule has 18 heavy (non-hydrogen) atoms. The predicted molar refractivity (Wildman–Crippen MR) is 76.6 cm³/mol. The first-order chi connectivity index (χ1) is 8.60. The molecule has 0 aromatic heterocycles. The molecule has 0 saturated carbocycles. The third-order valence-corrected chi connectivity index (χ3v) is 2.96. The van der Waals surface area contributed by atoms with E-state index in [9.17, 15) is 0 Å². The Morgan fingerprint density at radius 3 is 2.61 bits per heavy atom. The lowest BCUT2D eigenvalue weighted by molar-refractivity contribution is 0.154. The number of rotatable bonds is 7. The van der Waals surface area contributed by atoms with E-state index in [4.69, 9.17) is 15.9 Å². The summed E-state index contributed by atoms with van der Waals surface area (Å²) in [6.45, 7) is 9.41. The SMILES string of the molecule is CCOCCN(CC)c1ccc(C(=N)N)c(C)c1. The van der Waals surface area contributed by atoms with Crippen LogP contribution in [-0.2, 0) is 4.74 Å². The van der Waals surface area contributed by atoms with E-state index in [0.717, 1.165) is 43.1 Å². The van der Waals surface area contributed by atoms with Gasteiger partial charge in [0, 0.05) is 30.9 Å². The van der Waals surface area contributed by atoms with Gasteiger partial charge in [-0.1, -0.05) is 0 Å². The van der Waals surface area contributed by atoms with Crippen molar-refractivity contribution in [2.45, 2.75) is 20.8 Å². The Kier molecular flexibility index (Phi) is 5.65. The molecule has 100 valence electrons. The molecular formula is C14H23N3O. The maximum Gasteiger partial charge on any atom is 0.123 e. The van der Waals surface area contributed by atoms with Gasteiger partial charge in [0.05, 0.1) is 6.61 Å². The molecule has 0 aliphatic rings. The van der Waals surface area contributed by atoms with E-state index in [0.29, 0.717) is 0 Å². The van der Waals surface area contributed by atoms with Crippen molar-refractivity contribution < 1.29 is 4.74 Å². The highest BCUT2D eigenvalue weighted by atomic mass is 16.5. The average Bonchev–Trinajstić information content (AvgIpc) is 2.34. The van der Waals surface area contributed by atoms with Crippen LogP contribution in [0.15, 0.2) is 18.2 Å². The first-order valence-corrected chi connectivity index (χ1v) is 6.37. The number of ether oxygens (including phenoxy) is 1. The minimum absolute atomic E-state index is 0.122. The van der Waals surface area contributed by atoms with Gasteiger partial charge in [-0.2, -0.15) is 0 Å². The summed E-state index contributed by atoms with van der Waals surface area (Å²) >= 11 is 0. The molecule has 0 amide bonds. The van der Waals surface area contributed by atoms with Crippen molar-refractivity contribution in [1.82, 2.24) is 0 Å². The Morgan fingerprint density at radius 2 is 2.11 bits per heavy atom. The van der Waals surface area contributed by atoms with E-state index < -0.39 is 0 Å². The molecule has 0 bridgehead atoms. The maximum atomic E-state index is 7.48. The summed E-state index contributed by atoms with van der Waals surface area (Å²) in [5.41, 5.74) is 8.52. The van der Waals surface area contributed by atoms with Crippen molar-refractivity contribution in [3.63, 3.8) is 0 Å². The molecule has 3 N–H and O–H groups in total. The number of nitrogens with zero attached hydrogens (tertiary/aromatic N) is 1. The van der Waals surface area contributed by atoms with Crippen LogP contribution in [0.4, 0.5) is 5.69 Å². The van der Waals surface area contributed by atoms with Gasteiger partial charge in [-0.05, 0) is 44.5 Å². The highest BCUT2D eigenvalue weighted by Gasteiger charge is 2.07. The normalized spacial score (nSPS) is 10.4. The minimum Gasteiger partial charge on any atom is -0.384 e. The molecule has 4 nitrogen and oxygen atoms in total. The number of likely N-dealkylation sites (N-methyl/N-ethyl adjacent to an activating group) is 1. The van der Waals surface area contributed by atoms with Gasteiger partial charge in [-0.3, -0.25) is 5.41 Å². The molecule has 4 heteroatoms. The van der Waals surface area contributed by atoms with E-state index >= 15 is 0 Å². The molecule has 0 aliphatic heterocycles. The standard InChI is InChI=1S/C14H23N3O/c1-4-17(8-9-18-5-2)12-6-7-13(14(15)16)11(3)10-12/h6-7,10H,4-5,8-9H2,1-3H3,(H3,15,16). The summed E-state index contributed by atoms with van der Waals surface area (Å²) in [7, 11) is 0. The third-order valence-electron chi connectivity index (χ3n) is 2.96. The number of nitrogens with one attached hydrogen (secondary N) is 1. The van der Waals surface area contributed by atoms with E-state index in [2.05, 4.69) is 17.9 Å². The van der Waals surface area contributed by atoms with E-state index in [1.54, 1.807) is 0 Å². The Morgan fingerprint density at radius 1 is 1.39 bits per heavy atom. The van der Waals surface area contributed by atoms with Gasteiger partial charge in [0.15, 0.2) is 0 Å². The number of benzene rings is 1. The monoisotopic (exact) mass is 249 g/mol. The Balaban J connectivity index is 2.80. The zero-order valence-electron chi connectivity index (χ0n) is 11.5. The van der Waals surface area contributed by atoms with Crippen molar-refractivity contribution in [2.24, 2.45) is 5.73 Å². The molecule has 0 unspecified atom stereocenters. The van der Waals surface area contributed by atoms with Gasteiger partial charge in [-0.15, -0.1) is 0 Å². The van der Waals surface area contributed by atoms with Crippen molar-refractivity contribution >= 4 is 11.5 Å². The molecule has 0 fully saturated rings. The second kappa shape index (κ2) is 7.01. The van der Waals surface area contributed by atoms with Crippen LogP contribution in [-0.4, -0.2) is 32.1 Å². The quantitative estimate of drug-likeness (QED) is 0.442. The minimum atomic E-state index is 0.122. The fraction of sp³-hybridized carbons (Fsp3) is 0.500. The summed E-state index contributed by atoms with van der Waals surface area (Å²) in [5.74, 6) is 0.122. The summed E-state index contributed by atoms with van der Waals surface area (Å²) in [4.78, 5) is 2.26. The lowest BCUT2D eigenvalue weighted by Gasteiger charge is -2.24. The highest BCUT2D eigenvalue weighted by Crippen LogP contribution is 2.18. The zero-order chi connectivity index (χ0) is 13.5. The lowest BCUT2D eigenvalue weighted by atomic mass is 10.1. The van der Waals surface area contributed by atoms with Crippen LogP contribution in [0.25, 0.3) is 0 Å². The van der Waals surface area contributed by atoms with Gasteiger partial charge in [-0.25, -0.2) is 0 Å². The van der Waals surface area contributed by atoms with Crippen LogP contribution >= 0.6 is 0 Å². The smallest absolute Gasteiger partial charge is 0.123 e. The second-order valence-electron chi connectivity index (χ2n) is 4.19. The third kappa shape index (κ3) is 3.74. The number of hydrogen-bond acceptors (Lipinski definition) is 3. The number of amidine groups is 1. The first kappa shape index (κ1) is 14.5. The molecule has 1 aromatic carbocycles. The first-order valence-electron chi connectivity index (χ1n) is 6.37. The van der Waals surface area contributed by atoms with E-state index in [1.807, 2.05) is 26.0 Å². The van der Waals surface area contributed by atoms with Crippen molar-refractivity contribution in [3.8, 4) is 0 Å². The largest absolute Gasteiger partial charge is 0.384 e. The molecule has 0 atom stereocenters. The Labute approximate surface area is 109 Å². The van der Waals surface area contributed by atoms with Gasteiger partial charge in [0.1, 0.15) is 5.84 Å². The molecule has 0 spiro atoms. The Hall–Kier alpha value is -1.55. The van der Waals surface area contributed by atoms with Crippen LogP contribution in [0.2, 0.25) is 0 Å². The van der Waals surface area contributed by atoms with Crippen molar-refractivity contribution in [2.75, 3.05) is 31.2 Å². The van der Waals surface area contributed by atoms with Crippen LogP contribution in [0.3, 0.4) is 0 Å². The molecule has 0 saturated heterocycles. The van der Waals surface area contributed by atoms with Crippen molar-refractivity contribution in [3.05, 3.63) is 29.3 Å². The molecule has 0 radical (unpaired) electrons. The number of nitrogen functional groups attached to an aromatic ring is 1. The van der Waals surface area contributed by atoms with E-state index in [-0.39, 0.29) is 5.84 Å². The van der Waals surface area contributed by atoms with E-state index in [1.165, 1.54) is 0 Å². The number of aryl methyl sites for hydroxylation is 1. The molecule has 0 heterocycles. The summed E-state index contributed by atoms with van der Waals surface area (Å²) in [5, 5.41) is 7.48. The predicted octanol–water partition coefficient (Wildman–Crippen LogP) is 2.14. The second-order valence-corrected chi connectivity index (χ2v) is 4.19. The van der Waals surface area contributed by atoms with Crippen LogP contribution in [0.5, 0.6) is 0 Å². The van der Waals surface area contributed by atoms with Crippen LogP contribution in [0, 0.1) is 12.3 Å². The van der Waals surface area contributed by atoms with Gasteiger partial charge < -0.3 is 15.4 Å². The van der Waals surface area contributed by atoms with Crippen LogP contribution in [0.1, 0.15) is 25.0 Å². The maximum absolute atomic E-state index is 7.48. The number of nitrogens with two attached hydrogens (primary N) is 1. The number of hydrogen-bond donors (Lipinski definition) is 2. The fourth-order valence-electron chi connectivity index (χ4n) is 1.94. The van der Waals surface area contributed by atoms with Gasteiger partial charge in [0.2, 0.25) is 0 Å². The molecule has 1 rings (SSSR count). The molecular weight excluding hydrogens is 226 g/mol. The number of anilines is 1. The van der Waals surface area contributed by atoms with Crippen molar-refractivity contribution in [1.29, 1.82) is 5.41 Å². The average molecular weight is 249 g/mol. The summed E-state index contributed by atoms with van der Waals surface area (Å²) in [6.07, 6.45) is 0. The van der Waals surface area contributed by atoms with Crippen LogP contribution < -0.4 is 10.6 Å². The Bertz CT molecular complexity index is 404. The fourth-order valence-corrected chi connectivity index (χ4v) is 1.94. The summed E-state index contributed by atoms with van der Waals surface area (Å²) in [6, 6.07) is 6.00. The zero-order valence-corrected chi connectivity index (χ0v) is 11.5. The molecule has 0 aliphatic carbocycles. The lowest BCUT2D eigenvalue weighted by Crippen LogP contribution is -2.27. The van der Waals surface area contributed by atoms with Gasteiger partial charge in [0.25, 0.3) is 0 Å². The highest BCUT2D eigenvalue weighted by molar-refractivity contribution is 5.96. The topological polar surface area (TPSA) is 62.3 Å².